The van der Waals surface area contributed by atoms with E-state index in [1.807, 2.05) is 66.2 Å². The predicted molar refractivity (Wildman–Crippen MR) is 195 cm³/mol. The number of unbranched alkanes of at least 4 members (excludes halogenated alkanes) is 1. The van der Waals surface area contributed by atoms with Gasteiger partial charge in [0.05, 0.1) is 35.0 Å². The average Bonchev–Trinajstić information content (AvgIpc) is 3.76. The van der Waals surface area contributed by atoms with Crippen LogP contribution >= 0.6 is 11.3 Å². The van der Waals surface area contributed by atoms with Gasteiger partial charge in [-0.3, -0.25) is 4.79 Å². The summed E-state index contributed by atoms with van der Waals surface area (Å²) in [5.74, 6) is 0.314. The van der Waals surface area contributed by atoms with Gasteiger partial charge >= 0.3 is 12.1 Å². The average molecular weight is 721 g/mol. The fourth-order valence-corrected chi connectivity index (χ4v) is 7.01. The highest BCUT2D eigenvalue weighted by Crippen LogP contribution is 2.38. The van der Waals surface area contributed by atoms with Crippen molar-refractivity contribution in [1.82, 2.24) is 40.8 Å². The summed E-state index contributed by atoms with van der Waals surface area (Å²) < 4.78 is 12.6. The molecule has 0 saturated carbocycles. The molecule has 1 aromatic heterocycles. The Balaban J connectivity index is 1.37. The molecule has 2 unspecified atom stereocenters. The van der Waals surface area contributed by atoms with Crippen molar-refractivity contribution in [2.45, 2.75) is 64.2 Å². The third-order valence-electron chi connectivity index (χ3n) is 8.86. The van der Waals surface area contributed by atoms with E-state index in [1.54, 1.807) is 19.1 Å². The number of carbonyl (C=O) groups excluding carboxylic acids is 3. The first-order chi connectivity index (χ1) is 24.6. The highest BCUT2D eigenvalue weighted by atomic mass is 32.1. The SMILES string of the molecule is CCCCNC(=O)N(CC#N)N1CC2OC2N([C@@H](Cc2ccc(OC(=O)NCCN(C)C)cc2)C(C)=O)[C@@H]1CNCc1cccc2sc(N)nc12. The molecule has 51 heavy (non-hydrogen) atoms. The number of benzene rings is 2. The minimum atomic E-state index is -0.621. The second kappa shape index (κ2) is 17.7. The van der Waals surface area contributed by atoms with E-state index in [1.165, 1.54) is 16.3 Å². The van der Waals surface area contributed by atoms with Crippen LogP contribution < -0.4 is 26.4 Å². The van der Waals surface area contributed by atoms with Crippen LogP contribution in [-0.2, 0) is 22.5 Å². The number of carbonyl (C=O) groups is 3. The van der Waals surface area contributed by atoms with Crippen molar-refractivity contribution >= 4 is 44.6 Å². The molecule has 3 heterocycles. The zero-order valence-corrected chi connectivity index (χ0v) is 30.4. The lowest BCUT2D eigenvalue weighted by atomic mass is 9.99. The van der Waals surface area contributed by atoms with E-state index in [2.05, 4.69) is 27.0 Å². The smallest absolute Gasteiger partial charge is 0.410 e. The van der Waals surface area contributed by atoms with Gasteiger partial charge in [0.15, 0.2) is 5.13 Å². The molecule has 16 heteroatoms. The second-order valence-corrected chi connectivity index (χ2v) is 14.0. The number of fused-ring (bicyclic) bond motifs is 2. The van der Waals surface area contributed by atoms with Gasteiger partial charge in [0.2, 0.25) is 0 Å². The Hall–Kier alpha value is -4.37. The number of nitrogens with one attached hydrogen (secondary N) is 3. The number of rotatable bonds is 17. The molecule has 5 rings (SSSR count). The number of ether oxygens (including phenoxy) is 2. The van der Waals surface area contributed by atoms with E-state index in [0.717, 1.165) is 34.2 Å². The number of Topliss-reactive ketones (excluding diaryl/α,β-unsaturated/α-hetero) is 1. The van der Waals surface area contributed by atoms with Crippen LogP contribution in [0.2, 0.25) is 0 Å². The van der Waals surface area contributed by atoms with E-state index in [4.69, 9.17) is 15.2 Å². The summed E-state index contributed by atoms with van der Waals surface area (Å²) in [6.45, 7) is 6.22. The molecule has 0 bridgehead atoms. The Labute approximate surface area is 302 Å². The molecule has 2 aromatic carbocycles. The number of nitrogens with zero attached hydrogens (tertiary/aromatic N) is 6. The quantitative estimate of drug-likeness (QED) is 0.0910. The Bertz CT molecular complexity index is 1700. The minimum Gasteiger partial charge on any atom is -0.410 e. The molecule has 3 aromatic rings. The largest absolute Gasteiger partial charge is 0.412 e. The highest BCUT2D eigenvalue weighted by Gasteiger charge is 2.57. The number of likely N-dealkylation sites (N-methyl/N-ethyl adjacent to an activating group) is 1. The molecule has 2 saturated heterocycles. The summed E-state index contributed by atoms with van der Waals surface area (Å²) in [5.41, 5.74) is 8.67. The summed E-state index contributed by atoms with van der Waals surface area (Å²) in [6, 6.07) is 14.2. The van der Waals surface area contributed by atoms with Gasteiger partial charge < -0.3 is 36.1 Å². The monoisotopic (exact) mass is 720 g/mol. The van der Waals surface area contributed by atoms with Gasteiger partial charge in [-0.15, -0.1) is 0 Å². The van der Waals surface area contributed by atoms with Gasteiger partial charge in [-0.05, 0) is 63.2 Å². The van der Waals surface area contributed by atoms with Gasteiger partial charge in [-0.25, -0.2) is 24.5 Å². The number of ketones is 1. The summed E-state index contributed by atoms with van der Waals surface area (Å²) in [4.78, 5) is 47.8. The number of nitriles is 1. The summed E-state index contributed by atoms with van der Waals surface area (Å²) >= 11 is 1.43. The summed E-state index contributed by atoms with van der Waals surface area (Å²) in [5, 5.41) is 22.8. The number of hydrazine groups is 1. The zero-order valence-electron chi connectivity index (χ0n) is 29.6. The lowest BCUT2D eigenvalue weighted by molar-refractivity contribution is -0.139. The molecular weight excluding hydrogens is 673 g/mol. The molecule has 0 radical (unpaired) electrons. The van der Waals surface area contributed by atoms with Crippen LogP contribution in [0.25, 0.3) is 10.2 Å². The van der Waals surface area contributed by atoms with Crippen LogP contribution in [0.15, 0.2) is 42.5 Å². The maximum absolute atomic E-state index is 13.5. The van der Waals surface area contributed by atoms with E-state index in [9.17, 15) is 19.6 Å². The number of aromatic nitrogens is 1. The predicted octanol–water partition coefficient (Wildman–Crippen LogP) is 2.74. The summed E-state index contributed by atoms with van der Waals surface area (Å²) in [7, 11) is 3.84. The molecule has 2 aliphatic heterocycles. The number of hydrogen-bond donors (Lipinski definition) is 4. The first-order valence-electron chi connectivity index (χ1n) is 17.3. The number of amides is 3. The van der Waals surface area contributed by atoms with Crippen LogP contribution in [0.3, 0.4) is 0 Å². The topological polar surface area (TPSA) is 185 Å². The maximum atomic E-state index is 13.5. The van der Waals surface area contributed by atoms with Crippen molar-refractivity contribution in [3.8, 4) is 11.8 Å². The lowest BCUT2D eigenvalue weighted by Gasteiger charge is -2.48. The number of anilines is 1. The number of thiazole rings is 1. The van der Waals surface area contributed by atoms with E-state index >= 15 is 0 Å². The second-order valence-electron chi connectivity index (χ2n) is 13.0. The molecule has 5 N–H and O–H groups in total. The Morgan fingerprint density at radius 3 is 2.67 bits per heavy atom. The molecule has 3 amide bonds. The van der Waals surface area contributed by atoms with Crippen LogP contribution in [-0.4, -0.2) is 121 Å². The Kier molecular flexibility index (Phi) is 13.2. The van der Waals surface area contributed by atoms with Gasteiger partial charge in [0, 0.05) is 32.7 Å². The molecule has 0 aliphatic carbocycles. The molecular formula is C35H48N10O5S. The lowest BCUT2D eigenvalue weighted by Crippen LogP contribution is -2.69. The molecule has 0 spiro atoms. The van der Waals surface area contributed by atoms with Crippen molar-refractivity contribution in [1.29, 1.82) is 5.26 Å². The number of epoxide rings is 1. The van der Waals surface area contributed by atoms with E-state index in [-0.39, 0.29) is 30.7 Å². The van der Waals surface area contributed by atoms with E-state index in [0.29, 0.717) is 56.6 Å². The third kappa shape index (κ3) is 9.91. The molecule has 2 aliphatic rings. The van der Waals surface area contributed by atoms with Crippen LogP contribution in [0.5, 0.6) is 5.75 Å². The fourth-order valence-electron chi connectivity index (χ4n) is 6.23. The van der Waals surface area contributed by atoms with Crippen molar-refractivity contribution < 1.29 is 23.9 Å². The van der Waals surface area contributed by atoms with Gasteiger partial charge in [0.1, 0.15) is 30.4 Å². The number of nitrogens with two attached hydrogens (primary N) is 1. The minimum absolute atomic E-state index is 0.0707. The molecule has 274 valence electrons. The highest BCUT2D eigenvalue weighted by molar-refractivity contribution is 7.22. The van der Waals surface area contributed by atoms with Crippen molar-refractivity contribution in [3.05, 3.63) is 53.6 Å². The van der Waals surface area contributed by atoms with Gasteiger partial charge in [-0.2, -0.15) is 10.3 Å². The van der Waals surface area contributed by atoms with E-state index < -0.39 is 18.3 Å². The van der Waals surface area contributed by atoms with Gasteiger partial charge in [-0.1, -0.05) is 48.9 Å². The van der Waals surface area contributed by atoms with Crippen LogP contribution in [0.4, 0.5) is 14.7 Å². The molecule has 15 nitrogen and oxygen atoms in total. The number of nitrogen functional groups attached to an aromatic ring is 1. The Morgan fingerprint density at radius 1 is 1.18 bits per heavy atom. The summed E-state index contributed by atoms with van der Waals surface area (Å²) in [6.07, 6.45) is 0.407. The van der Waals surface area contributed by atoms with Crippen molar-refractivity contribution in [2.24, 2.45) is 0 Å². The standard InChI is InChI=1S/C35H48N10O5S/c1-5-6-15-39-34(47)43(17-14-36)44-22-28-32(50-28)45(30(44)21-38-20-25-8-7-9-29-31(25)41-33(37)51-29)27(23(2)46)19-24-10-12-26(13-11-24)49-35(48)40-16-18-42(3)4/h7-13,27-28,30,32,38H,5-6,15-22H2,1-4H3,(H2,37,41)(H,39,47)(H,40,48)/t27-,28?,30+,32?/m0/s1. The van der Waals surface area contributed by atoms with Crippen molar-refractivity contribution in [2.75, 3.05) is 59.1 Å². The van der Waals surface area contributed by atoms with Crippen LogP contribution in [0, 0.1) is 11.3 Å². The number of para-hydroxylation sites is 1. The third-order valence-corrected chi connectivity index (χ3v) is 9.71. The van der Waals surface area contributed by atoms with Crippen LogP contribution in [0.1, 0.15) is 37.8 Å². The molecule has 4 atom stereocenters. The zero-order chi connectivity index (χ0) is 36.5. The number of urea groups is 1. The first-order valence-corrected chi connectivity index (χ1v) is 18.1. The maximum Gasteiger partial charge on any atom is 0.412 e. The van der Waals surface area contributed by atoms with Gasteiger partial charge in [0.25, 0.3) is 0 Å². The first kappa shape index (κ1) is 37.9. The Morgan fingerprint density at radius 2 is 1.96 bits per heavy atom. The number of hydrogen-bond acceptors (Lipinski definition) is 13. The normalized spacial score (nSPS) is 19.3. The molecule has 2 fully saturated rings. The van der Waals surface area contributed by atoms with Crippen molar-refractivity contribution in [3.63, 3.8) is 0 Å². The fraction of sp³-hybridized carbons (Fsp3) is 0.514.